The van der Waals surface area contributed by atoms with Gasteiger partial charge in [-0.25, -0.2) is 4.79 Å². The maximum atomic E-state index is 12.3. The van der Waals surface area contributed by atoms with Crippen molar-refractivity contribution >= 4 is 11.9 Å². The highest BCUT2D eigenvalue weighted by Crippen LogP contribution is 2.18. The van der Waals surface area contributed by atoms with Gasteiger partial charge in [0.25, 0.3) is 0 Å². The molecule has 0 radical (unpaired) electrons. The Labute approximate surface area is 112 Å². The summed E-state index contributed by atoms with van der Waals surface area (Å²) in [5, 5.41) is 9.17. The van der Waals surface area contributed by atoms with Gasteiger partial charge in [-0.1, -0.05) is 6.07 Å². The van der Waals surface area contributed by atoms with Crippen molar-refractivity contribution in [2.24, 2.45) is 0 Å². The highest BCUT2D eigenvalue weighted by molar-refractivity contribution is 5.85. The number of carbonyl (C=O) groups is 2. The molecule has 5 nitrogen and oxygen atoms in total. The molecule has 1 aromatic heterocycles. The van der Waals surface area contributed by atoms with Gasteiger partial charge in [-0.3, -0.25) is 9.78 Å². The van der Waals surface area contributed by atoms with Crippen LogP contribution in [0.25, 0.3) is 0 Å². The molecule has 0 aliphatic carbocycles. The first kappa shape index (κ1) is 13.5. The Kier molecular flexibility index (Phi) is 4.14. The van der Waals surface area contributed by atoms with Crippen molar-refractivity contribution < 1.29 is 14.7 Å². The van der Waals surface area contributed by atoms with E-state index in [9.17, 15) is 9.59 Å². The minimum Gasteiger partial charge on any atom is -0.480 e. The SMILES string of the molecule is Cc1cccnc1CC(=O)N1CCCC[C@H]1C(=O)O. The Balaban J connectivity index is 2.10. The van der Waals surface area contributed by atoms with E-state index in [1.165, 1.54) is 4.90 Å². The average Bonchev–Trinajstić information content (AvgIpc) is 2.41. The van der Waals surface area contributed by atoms with Crippen LogP contribution in [0.15, 0.2) is 18.3 Å². The van der Waals surface area contributed by atoms with Gasteiger partial charge in [0.15, 0.2) is 0 Å². The number of amides is 1. The largest absolute Gasteiger partial charge is 0.480 e. The van der Waals surface area contributed by atoms with Crippen molar-refractivity contribution in [1.29, 1.82) is 0 Å². The Morgan fingerprint density at radius 2 is 2.26 bits per heavy atom. The van der Waals surface area contributed by atoms with Gasteiger partial charge in [-0.2, -0.15) is 0 Å². The zero-order chi connectivity index (χ0) is 13.8. The predicted octanol–water partition coefficient (Wildman–Crippen LogP) is 1.40. The number of carboxylic acid groups (broad SMARTS) is 1. The lowest BCUT2D eigenvalue weighted by Crippen LogP contribution is -2.48. The second-order valence-corrected chi connectivity index (χ2v) is 4.88. The van der Waals surface area contributed by atoms with Crippen LogP contribution in [0, 0.1) is 6.92 Å². The number of aromatic nitrogens is 1. The first-order valence-electron chi connectivity index (χ1n) is 6.52. The van der Waals surface area contributed by atoms with Gasteiger partial charge in [0.1, 0.15) is 6.04 Å². The summed E-state index contributed by atoms with van der Waals surface area (Å²) in [5.74, 6) is -1.06. The normalized spacial score (nSPS) is 19.2. The highest BCUT2D eigenvalue weighted by Gasteiger charge is 2.31. The summed E-state index contributed by atoms with van der Waals surface area (Å²) >= 11 is 0. The number of hydrogen-bond acceptors (Lipinski definition) is 3. The lowest BCUT2D eigenvalue weighted by Gasteiger charge is -2.33. The van der Waals surface area contributed by atoms with Crippen LogP contribution in [-0.2, 0) is 16.0 Å². The van der Waals surface area contributed by atoms with E-state index in [1.54, 1.807) is 6.20 Å². The fourth-order valence-corrected chi connectivity index (χ4v) is 2.44. The lowest BCUT2D eigenvalue weighted by molar-refractivity contribution is -0.151. The number of pyridine rings is 1. The van der Waals surface area contributed by atoms with Crippen LogP contribution in [0.5, 0.6) is 0 Å². The van der Waals surface area contributed by atoms with Gasteiger partial charge in [0, 0.05) is 12.7 Å². The molecule has 1 atom stereocenters. The van der Waals surface area contributed by atoms with Gasteiger partial charge in [-0.15, -0.1) is 0 Å². The molecule has 0 aromatic carbocycles. The molecule has 0 unspecified atom stereocenters. The molecule has 2 heterocycles. The number of aliphatic carboxylic acids is 1. The zero-order valence-electron chi connectivity index (χ0n) is 11.0. The van der Waals surface area contributed by atoms with Crippen LogP contribution in [0.4, 0.5) is 0 Å². The van der Waals surface area contributed by atoms with Crippen LogP contribution >= 0.6 is 0 Å². The van der Waals surface area contributed by atoms with Crippen LogP contribution in [0.3, 0.4) is 0 Å². The van der Waals surface area contributed by atoms with Crippen molar-refractivity contribution in [2.45, 2.75) is 38.6 Å². The summed E-state index contributed by atoms with van der Waals surface area (Å²) in [6, 6.07) is 3.05. The third-order valence-electron chi connectivity index (χ3n) is 3.54. The van der Waals surface area contributed by atoms with E-state index in [2.05, 4.69) is 4.98 Å². The predicted molar refractivity (Wildman–Crippen MR) is 69.7 cm³/mol. The number of hydrogen-bond donors (Lipinski definition) is 1. The van der Waals surface area contributed by atoms with E-state index in [0.717, 1.165) is 24.1 Å². The molecule has 1 N–H and O–H groups in total. The third-order valence-corrected chi connectivity index (χ3v) is 3.54. The Hall–Kier alpha value is -1.91. The van der Waals surface area contributed by atoms with Gasteiger partial charge in [0.2, 0.25) is 5.91 Å². The van der Waals surface area contributed by atoms with Crippen molar-refractivity contribution in [1.82, 2.24) is 9.88 Å². The number of nitrogens with zero attached hydrogens (tertiary/aromatic N) is 2. The molecule has 0 spiro atoms. The third kappa shape index (κ3) is 3.10. The molecule has 1 amide bonds. The van der Waals surface area contributed by atoms with E-state index in [1.807, 2.05) is 19.1 Å². The Bertz CT molecular complexity index is 487. The summed E-state index contributed by atoms with van der Waals surface area (Å²) in [5.41, 5.74) is 1.68. The van der Waals surface area contributed by atoms with Gasteiger partial charge in [-0.05, 0) is 37.8 Å². The summed E-state index contributed by atoms with van der Waals surface area (Å²) in [6.07, 6.45) is 4.11. The smallest absolute Gasteiger partial charge is 0.326 e. The molecule has 0 bridgehead atoms. The number of likely N-dealkylation sites (tertiary alicyclic amines) is 1. The van der Waals surface area contributed by atoms with Gasteiger partial charge >= 0.3 is 5.97 Å². The minimum absolute atomic E-state index is 0.145. The van der Waals surface area contributed by atoms with Gasteiger partial charge in [0.05, 0.1) is 12.1 Å². The quantitative estimate of drug-likeness (QED) is 0.893. The minimum atomic E-state index is -0.911. The number of carbonyl (C=O) groups excluding carboxylic acids is 1. The van der Waals surface area contributed by atoms with Crippen LogP contribution < -0.4 is 0 Å². The second-order valence-electron chi connectivity index (χ2n) is 4.88. The van der Waals surface area contributed by atoms with Gasteiger partial charge < -0.3 is 10.0 Å². The Morgan fingerprint density at radius 1 is 1.47 bits per heavy atom. The summed E-state index contributed by atoms with van der Waals surface area (Å²) in [6.45, 7) is 2.43. The number of rotatable bonds is 3. The lowest BCUT2D eigenvalue weighted by atomic mass is 10.0. The first-order chi connectivity index (χ1) is 9.09. The van der Waals surface area contributed by atoms with Crippen molar-refractivity contribution in [3.05, 3.63) is 29.6 Å². The van der Waals surface area contributed by atoms with E-state index in [-0.39, 0.29) is 12.3 Å². The molecular formula is C14H18N2O3. The van der Waals surface area contributed by atoms with Crippen molar-refractivity contribution in [2.75, 3.05) is 6.54 Å². The average molecular weight is 262 g/mol. The van der Waals surface area contributed by atoms with E-state index in [0.29, 0.717) is 13.0 Å². The molecule has 19 heavy (non-hydrogen) atoms. The number of aryl methyl sites for hydroxylation is 1. The molecule has 2 rings (SSSR count). The number of piperidine rings is 1. The van der Waals surface area contributed by atoms with Crippen molar-refractivity contribution in [3.63, 3.8) is 0 Å². The molecule has 1 fully saturated rings. The molecular weight excluding hydrogens is 244 g/mol. The van der Waals surface area contributed by atoms with Crippen LogP contribution in [-0.4, -0.2) is 39.5 Å². The first-order valence-corrected chi connectivity index (χ1v) is 6.52. The summed E-state index contributed by atoms with van der Waals surface area (Å²) in [7, 11) is 0. The molecule has 0 saturated carbocycles. The van der Waals surface area contributed by atoms with Crippen molar-refractivity contribution in [3.8, 4) is 0 Å². The fourth-order valence-electron chi connectivity index (χ4n) is 2.44. The molecule has 1 aliphatic rings. The molecule has 1 aliphatic heterocycles. The Morgan fingerprint density at radius 3 is 2.95 bits per heavy atom. The fraction of sp³-hybridized carbons (Fsp3) is 0.500. The highest BCUT2D eigenvalue weighted by atomic mass is 16.4. The second kappa shape index (κ2) is 5.82. The maximum absolute atomic E-state index is 12.3. The number of carboxylic acids is 1. The zero-order valence-corrected chi connectivity index (χ0v) is 11.0. The molecule has 5 heteroatoms. The van der Waals surface area contributed by atoms with Crippen LogP contribution in [0.1, 0.15) is 30.5 Å². The summed E-state index contributed by atoms with van der Waals surface area (Å²) in [4.78, 5) is 29.1. The van der Waals surface area contributed by atoms with Crippen LogP contribution in [0.2, 0.25) is 0 Å². The monoisotopic (exact) mass is 262 g/mol. The molecule has 1 aromatic rings. The summed E-state index contributed by atoms with van der Waals surface area (Å²) < 4.78 is 0. The molecule has 1 saturated heterocycles. The van der Waals surface area contributed by atoms with E-state index in [4.69, 9.17) is 5.11 Å². The maximum Gasteiger partial charge on any atom is 0.326 e. The van der Waals surface area contributed by atoms with E-state index >= 15 is 0 Å². The topological polar surface area (TPSA) is 70.5 Å². The molecule has 102 valence electrons. The van der Waals surface area contributed by atoms with E-state index < -0.39 is 12.0 Å². The standard InChI is InChI=1S/C14H18N2O3/c1-10-5-4-7-15-11(10)9-13(17)16-8-3-2-6-12(16)14(18)19/h4-5,7,12H,2-3,6,8-9H2,1H3,(H,18,19)/t12-/m0/s1.